The van der Waals surface area contributed by atoms with Gasteiger partial charge in [0.1, 0.15) is 5.69 Å². The van der Waals surface area contributed by atoms with Gasteiger partial charge in [0.2, 0.25) is 0 Å². The van der Waals surface area contributed by atoms with Gasteiger partial charge >= 0.3 is 0 Å². The van der Waals surface area contributed by atoms with Gasteiger partial charge < -0.3 is 5.32 Å². The third-order valence-electron chi connectivity index (χ3n) is 5.41. The maximum Gasteiger partial charge on any atom is 0.275 e. The first-order valence-electron chi connectivity index (χ1n) is 11.1. The lowest BCUT2D eigenvalue weighted by Crippen LogP contribution is -2.16. The first kappa shape index (κ1) is 24.0. The van der Waals surface area contributed by atoms with Crippen LogP contribution >= 0.6 is 23.5 Å². The van der Waals surface area contributed by atoms with Gasteiger partial charge in [-0.3, -0.25) is 4.79 Å². The molecule has 6 heteroatoms. The van der Waals surface area contributed by atoms with Crippen molar-refractivity contribution in [2.45, 2.75) is 48.4 Å². The SMILES string of the molecule is Cc1ccc(Sc2cnc(SCc3cccc(C)c3)nc2C(=O)Nc2ccc(C)c(C)c2)cc1. The van der Waals surface area contributed by atoms with E-state index < -0.39 is 0 Å². The van der Waals surface area contributed by atoms with Gasteiger partial charge in [-0.05, 0) is 68.7 Å². The number of aromatic nitrogens is 2. The lowest BCUT2D eigenvalue weighted by molar-refractivity contribution is 0.101. The van der Waals surface area contributed by atoms with Crippen molar-refractivity contribution in [3.63, 3.8) is 0 Å². The van der Waals surface area contributed by atoms with Crippen LogP contribution in [0.25, 0.3) is 0 Å². The second-order valence-electron chi connectivity index (χ2n) is 8.31. The van der Waals surface area contributed by atoms with Crippen LogP contribution in [0.1, 0.15) is 38.3 Å². The maximum atomic E-state index is 13.3. The molecule has 1 N–H and O–H groups in total. The Bertz CT molecular complexity index is 1320. The van der Waals surface area contributed by atoms with Crippen molar-refractivity contribution in [2.24, 2.45) is 0 Å². The highest BCUT2D eigenvalue weighted by atomic mass is 32.2. The molecule has 3 aromatic carbocycles. The van der Waals surface area contributed by atoms with Crippen LogP contribution in [0.3, 0.4) is 0 Å². The maximum absolute atomic E-state index is 13.3. The van der Waals surface area contributed by atoms with Crippen LogP contribution in [0.2, 0.25) is 0 Å². The minimum Gasteiger partial charge on any atom is -0.321 e. The van der Waals surface area contributed by atoms with E-state index in [2.05, 4.69) is 72.5 Å². The summed E-state index contributed by atoms with van der Waals surface area (Å²) in [5.41, 5.74) is 7.06. The zero-order chi connectivity index (χ0) is 24.1. The van der Waals surface area contributed by atoms with Crippen molar-refractivity contribution >= 4 is 35.1 Å². The molecule has 34 heavy (non-hydrogen) atoms. The Balaban J connectivity index is 1.61. The average Bonchev–Trinajstić information content (AvgIpc) is 2.82. The molecule has 0 unspecified atom stereocenters. The summed E-state index contributed by atoms with van der Waals surface area (Å²) < 4.78 is 0. The predicted octanol–water partition coefficient (Wildman–Crippen LogP) is 7.41. The molecule has 0 aliphatic carbocycles. The number of carbonyl (C=O) groups is 1. The number of rotatable bonds is 7. The quantitative estimate of drug-likeness (QED) is 0.218. The Morgan fingerprint density at radius 1 is 0.882 bits per heavy atom. The van der Waals surface area contributed by atoms with E-state index in [1.54, 1.807) is 6.20 Å². The molecule has 4 aromatic rings. The summed E-state index contributed by atoms with van der Waals surface area (Å²) in [5.74, 6) is 0.502. The zero-order valence-electron chi connectivity index (χ0n) is 19.8. The topological polar surface area (TPSA) is 54.9 Å². The van der Waals surface area contributed by atoms with Crippen LogP contribution in [0.5, 0.6) is 0 Å². The van der Waals surface area contributed by atoms with Gasteiger partial charge in [0, 0.05) is 22.5 Å². The van der Waals surface area contributed by atoms with Crippen LogP contribution in [-0.2, 0) is 5.75 Å². The highest BCUT2D eigenvalue weighted by Gasteiger charge is 2.18. The summed E-state index contributed by atoms with van der Waals surface area (Å²) in [6.45, 7) is 8.23. The van der Waals surface area contributed by atoms with Gasteiger partial charge in [-0.1, -0.05) is 77.1 Å². The van der Waals surface area contributed by atoms with Crippen molar-refractivity contribution in [2.75, 3.05) is 5.32 Å². The second-order valence-corrected chi connectivity index (χ2v) is 10.4. The molecule has 1 amide bonds. The Morgan fingerprint density at radius 3 is 2.41 bits per heavy atom. The number of nitrogens with zero attached hydrogens (tertiary/aromatic N) is 2. The van der Waals surface area contributed by atoms with Crippen molar-refractivity contribution in [3.05, 3.63) is 106 Å². The molecule has 0 saturated carbocycles. The average molecular weight is 486 g/mol. The van der Waals surface area contributed by atoms with Gasteiger partial charge in [0.25, 0.3) is 5.91 Å². The fraction of sp³-hybridized carbons (Fsp3) is 0.179. The highest BCUT2D eigenvalue weighted by molar-refractivity contribution is 7.99. The number of amides is 1. The van der Waals surface area contributed by atoms with Crippen LogP contribution in [0.4, 0.5) is 5.69 Å². The van der Waals surface area contributed by atoms with E-state index in [1.165, 1.54) is 45.8 Å². The first-order valence-corrected chi connectivity index (χ1v) is 12.9. The molecule has 0 atom stereocenters. The van der Waals surface area contributed by atoms with Crippen molar-refractivity contribution in [3.8, 4) is 0 Å². The van der Waals surface area contributed by atoms with Gasteiger partial charge in [-0.25, -0.2) is 9.97 Å². The monoisotopic (exact) mass is 485 g/mol. The summed E-state index contributed by atoms with van der Waals surface area (Å²) in [7, 11) is 0. The van der Waals surface area contributed by atoms with Crippen LogP contribution in [0, 0.1) is 27.7 Å². The minimum absolute atomic E-state index is 0.238. The number of hydrogen-bond acceptors (Lipinski definition) is 5. The van der Waals surface area contributed by atoms with Crippen molar-refractivity contribution in [1.29, 1.82) is 0 Å². The standard InChI is InChI=1S/C28H27N3OS2/c1-18-8-12-24(13-9-18)34-25-16-29-28(33-17-22-7-5-6-19(2)14-22)31-26(25)27(32)30-23-11-10-20(3)21(4)15-23/h5-16H,17H2,1-4H3,(H,30,32). The molecule has 172 valence electrons. The number of benzene rings is 3. The molecule has 4 rings (SSSR count). The molecule has 0 fully saturated rings. The number of aryl methyl sites for hydroxylation is 4. The smallest absolute Gasteiger partial charge is 0.275 e. The largest absolute Gasteiger partial charge is 0.321 e. The van der Waals surface area contributed by atoms with Crippen molar-refractivity contribution < 1.29 is 4.79 Å². The van der Waals surface area contributed by atoms with Crippen LogP contribution in [-0.4, -0.2) is 15.9 Å². The van der Waals surface area contributed by atoms with E-state index in [9.17, 15) is 4.79 Å². The molecule has 0 saturated heterocycles. The lowest BCUT2D eigenvalue weighted by atomic mass is 10.1. The minimum atomic E-state index is -0.238. The number of hydrogen-bond donors (Lipinski definition) is 1. The number of thioether (sulfide) groups is 1. The predicted molar refractivity (Wildman–Crippen MR) is 142 cm³/mol. The summed E-state index contributed by atoms with van der Waals surface area (Å²) in [6, 6.07) is 22.5. The van der Waals surface area contributed by atoms with Crippen LogP contribution < -0.4 is 5.32 Å². The Morgan fingerprint density at radius 2 is 1.68 bits per heavy atom. The lowest BCUT2D eigenvalue weighted by Gasteiger charge is -2.12. The molecule has 4 nitrogen and oxygen atoms in total. The molecule has 0 bridgehead atoms. The number of anilines is 1. The van der Waals surface area contributed by atoms with E-state index in [1.807, 2.05) is 37.3 Å². The highest BCUT2D eigenvalue weighted by Crippen LogP contribution is 2.31. The van der Waals surface area contributed by atoms with Crippen LogP contribution in [0.15, 0.2) is 87.9 Å². The molecule has 0 aliphatic heterocycles. The normalized spacial score (nSPS) is 10.8. The van der Waals surface area contributed by atoms with E-state index in [0.29, 0.717) is 10.9 Å². The summed E-state index contributed by atoms with van der Waals surface area (Å²) in [4.78, 5) is 24.3. The molecule has 0 spiro atoms. The summed E-state index contributed by atoms with van der Waals surface area (Å²) in [6.07, 6.45) is 1.76. The van der Waals surface area contributed by atoms with Gasteiger partial charge in [-0.2, -0.15) is 0 Å². The van der Waals surface area contributed by atoms with E-state index in [0.717, 1.165) is 26.8 Å². The Kier molecular flexibility index (Phi) is 7.70. The first-order chi connectivity index (χ1) is 16.4. The molecule has 1 heterocycles. The van der Waals surface area contributed by atoms with E-state index in [4.69, 9.17) is 0 Å². The van der Waals surface area contributed by atoms with Gasteiger partial charge in [0.15, 0.2) is 5.16 Å². The Labute approximate surface area is 209 Å². The molecular weight excluding hydrogens is 458 g/mol. The third-order valence-corrected chi connectivity index (χ3v) is 7.37. The number of nitrogens with one attached hydrogen (secondary N) is 1. The summed E-state index contributed by atoms with van der Waals surface area (Å²) >= 11 is 3.03. The molecule has 0 radical (unpaired) electrons. The van der Waals surface area contributed by atoms with Gasteiger partial charge in [-0.15, -0.1) is 0 Å². The summed E-state index contributed by atoms with van der Waals surface area (Å²) in [5, 5.41) is 3.60. The fourth-order valence-corrected chi connectivity index (χ4v) is 4.98. The van der Waals surface area contributed by atoms with E-state index in [-0.39, 0.29) is 5.91 Å². The second kappa shape index (κ2) is 10.9. The van der Waals surface area contributed by atoms with E-state index >= 15 is 0 Å². The van der Waals surface area contributed by atoms with Gasteiger partial charge in [0.05, 0.1) is 4.90 Å². The van der Waals surface area contributed by atoms with Crippen molar-refractivity contribution in [1.82, 2.24) is 9.97 Å². The fourth-order valence-electron chi connectivity index (χ4n) is 3.35. The number of carbonyl (C=O) groups excluding carboxylic acids is 1. The Hall–Kier alpha value is -3.09. The zero-order valence-corrected chi connectivity index (χ0v) is 21.4. The third kappa shape index (κ3) is 6.27. The molecule has 1 aromatic heterocycles. The molecule has 0 aliphatic rings. The molecular formula is C28H27N3OS2.